The van der Waals surface area contributed by atoms with Crippen molar-refractivity contribution in [2.75, 3.05) is 56.4 Å². The number of carbonyl (C=O) groups is 1. The summed E-state index contributed by atoms with van der Waals surface area (Å²) in [5.41, 5.74) is 3.17. The summed E-state index contributed by atoms with van der Waals surface area (Å²) < 4.78 is 18.6. The van der Waals surface area contributed by atoms with E-state index in [2.05, 4.69) is 70.4 Å². The Hall–Kier alpha value is -0.500. The fourth-order valence-corrected chi connectivity index (χ4v) is 5.22. The third kappa shape index (κ3) is 7.49. The predicted molar refractivity (Wildman–Crippen MR) is 149 cm³/mol. The van der Waals surface area contributed by atoms with Crippen LogP contribution in [0.15, 0.2) is 39.3 Å². The molecule has 0 bridgehead atoms. The molecule has 33 heavy (non-hydrogen) atoms. The quantitative estimate of drug-likeness (QED) is 0.127. The van der Waals surface area contributed by atoms with E-state index >= 15 is 0 Å². The van der Waals surface area contributed by atoms with E-state index in [0.717, 1.165) is 25.7 Å². The maximum Gasteiger partial charge on any atom is 0.259 e. The van der Waals surface area contributed by atoms with Crippen LogP contribution in [0.2, 0.25) is 0 Å². The van der Waals surface area contributed by atoms with Crippen LogP contribution in [0.25, 0.3) is 11.6 Å². The lowest BCUT2D eigenvalue weighted by Crippen LogP contribution is -2.30. The topological polar surface area (TPSA) is 68.2 Å². The molecule has 6 nitrogen and oxygen atoms in total. The highest BCUT2D eigenvalue weighted by Gasteiger charge is 2.32. The number of alkyl halides is 1. The Balaban J connectivity index is 1.62. The van der Waals surface area contributed by atoms with Crippen LogP contribution in [0.4, 0.5) is 5.69 Å². The molecule has 0 aliphatic carbocycles. The van der Waals surface area contributed by atoms with Crippen molar-refractivity contribution in [1.29, 1.82) is 0 Å². The van der Waals surface area contributed by atoms with Crippen molar-refractivity contribution >= 4 is 93.6 Å². The Morgan fingerprint density at radius 1 is 0.939 bits per heavy atom. The highest BCUT2D eigenvalue weighted by molar-refractivity contribution is 14.1. The highest BCUT2D eigenvalue weighted by atomic mass is 127. The van der Waals surface area contributed by atoms with Crippen LogP contribution in [0.1, 0.15) is 11.1 Å². The van der Waals surface area contributed by atoms with Gasteiger partial charge in [-0.15, -0.1) is 0 Å². The molecule has 0 unspecified atom stereocenters. The molecular formula is C23H23Br3INO5. The predicted octanol–water partition coefficient (Wildman–Crippen LogP) is 5.85. The van der Waals surface area contributed by atoms with Gasteiger partial charge in [0.05, 0.1) is 54.3 Å². The lowest BCUT2D eigenvalue weighted by molar-refractivity contribution is -0.113. The molecule has 0 aromatic heterocycles. The fourth-order valence-electron chi connectivity index (χ4n) is 3.28. The van der Waals surface area contributed by atoms with Crippen LogP contribution in [-0.4, -0.2) is 62.5 Å². The van der Waals surface area contributed by atoms with Gasteiger partial charge >= 0.3 is 0 Å². The lowest BCUT2D eigenvalue weighted by atomic mass is 10.0. The van der Waals surface area contributed by atoms with Crippen LogP contribution in [0, 0.1) is 3.57 Å². The second-order valence-electron chi connectivity index (χ2n) is 7.04. The van der Waals surface area contributed by atoms with Crippen LogP contribution >= 0.6 is 70.4 Å². The molecule has 3 rings (SSSR count). The van der Waals surface area contributed by atoms with Crippen LogP contribution in [0.3, 0.4) is 0 Å². The maximum atomic E-state index is 13.3. The molecule has 0 fully saturated rings. The number of fused-ring (bicyclic) bond motifs is 1. The summed E-state index contributed by atoms with van der Waals surface area (Å²) >= 11 is 12.3. The van der Waals surface area contributed by atoms with Gasteiger partial charge in [0.25, 0.3) is 5.91 Å². The molecule has 10 heteroatoms. The van der Waals surface area contributed by atoms with Crippen LogP contribution < -0.4 is 4.90 Å². The summed E-state index contributed by atoms with van der Waals surface area (Å²) in [5, 5.41) is 10.8. The fraction of sp³-hybridized carbons (Fsp3) is 0.348. The first kappa shape index (κ1) is 27.1. The molecule has 178 valence electrons. The van der Waals surface area contributed by atoms with E-state index in [1.54, 1.807) is 17.0 Å². The monoisotopic (exact) mass is 757 g/mol. The van der Waals surface area contributed by atoms with Gasteiger partial charge in [0.2, 0.25) is 0 Å². The standard InChI is InChI=1S/C23H23Br3INO5/c24-3-5-31-7-9-33-10-8-32-6-4-28-21-2-1-16(27)14-17(21)18(23(28)30)11-15-12-19(25)22(29)20(26)13-15/h1-2,11-14,29H,3-10H2. The number of ether oxygens (including phenoxy) is 3. The largest absolute Gasteiger partial charge is 0.506 e. The van der Waals surface area contributed by atoms with Crippen molar-refractivity contribution in [3.8, 4) is 5.75 Å². The summed E-state index contributed by atoms with van der Waals surface area (Å²) in [5.74, 6) is 0.0511. The zero-order valence-corrected chi connectivity index (χ0v) is 24.6. The van der Waals surface area contributed by atoms with Crippen molar-refractivity contribution in [3.63, 3.8) is 0 Å². The molecule has 0 saturated heterocycles. The molecule has 1 heterocycles. The summed E-state index contributed by atoms with van der Waals surface area (Å²) in [7, 11) is 0. The van der Waals surface area contributed by atoms with E-state index in [4.69, 9.17) is 14.2 Å². The minimum atomic E-state index is -0.0730. The number of phenolic OH excluding ortho intramolecular Hbond substituents is 1. The Kier molecular flexibility index (Phi) is 11.1. The third-order valence-corrected chi connectivity index (χ3v) is 6.99. The molecular weight excluding hydrogens is 737 g/mol. The minimum Gasteiger partial charge on any atom is -0.506 e. The molecule has 1 amide bonds. The van der Waals surface area contributed by atoms with Gasteiger partial charge in [-0.1, -0.05) is 15.9 Å². The number of benzene rings is 2. The number of rotatable bonds is 12. The molecule has 1 N–H and O–H groups in total. The normalized spacial score (nSPS) is 14.4. The summed E-state index contributed by atoms with van der Waals surface area (Å²) in [4.78, 5) is 15.0. The molecule has 1 aliphatic rings. The summed E-state index contributed by atoms with van der Waals surface area (Å²) in [6, 6.07) is 9.53. The van der Waals surface area contributed by atoms with Crippen molar-refractivity contribution in [1.82, 2.24) is 0 Å². The van der Waals surface area contributed by atoms with Crippen molar-refractivity contribution in [3.05, 3.63) is 54.0 Å². The van der Waals surface area contributed by atoms with Crippen molar-refractivity contribution in [2.24, 2.45) is 0 Å². The second kappa shape index (κ2) is 13.6. The lowest BCUT2D eigenvalue weighted by Gasteiger charge is -2.17. The number of halogens is 4. The van der Waals surface area contributed by atoms with E-state index in [9.17, 15) is 9.90 Å². The number of phenols is 1. The van der Waals surface area contributed by atoms with Crippen LogP contribution in [-0.2, 0) is 19.0 Å². The third-order valence-electron chi connectivity index (χ3n) is 4.79. The van der Waals surface area contributed by atoms with Gasteiger partial charge in [0.15, 0.2) is 0 Å². The molecule has 0 spiro atoms. The van der Waals surface area contributed by atoms with Gasteiger partial charge in [0.1, 0.15) is 5.75 Å². The highest BCUT2D eigenvalue weighted by Crippen LogP contribution is 2.40. The first-order valence-electron chi connectivity index (χ1n) is 10.2. The zero-order valence-electron chi connectivity index (χ0n) is 17.7. The van der Waals surface area contributed by atoms with Gasteiger partial charge in [0, 0.05) is 26.6 Å². The van der Waals surface area contributed by atoms with Gasteiger partial charge in [-0.05, 0) is 96.4 Å². The molecule has 2 aromatic carbocycles. The van der Waals surface area contributed by atoms with Gasteiger partial charge in [-0.3, -0.25) is 4.79 Å². The average molecular weight is 760 g/mol. The Morgan fingerprint density at radius 3 is 2.18 bits per heavy atom. The van der Waals surface area contributed by atoms with Gasteiger partial charge in [-0.2, -0.15) is 0 Å². The molecule has 2 aromatic rings. The summed E-state index contributed by atoms with van der Waals surface area (Å²) in [6.07, 6.45) is 1.85. The van der Waals surface area contributed by atoms with Gasteiger partial charge < -0.3 is 24.2 Å². The number of hydrogen-bond donors (Lipinski definition) is 1. The maximum absolute atomic E-state index is 13.3. The smallest absolute Gasteiger partial charge is 0.259 e. The number of carbonyl (C=O) groups excluding carboxylic acids is 1. The number of aromatic hydroxyl groups is 1. The van der Waals surface area contributed by atoms with Crippen LogP contribution in [0.5, 0.6) is 5.75 Å². The SMILES string of the molecule is O=C1C(=Cc2cc(Br)c(O)c(Br)c2)c2cc(I)ccc2N1CCOCCOCCOCCBr. The molecule has 0 saturated carbocycles. The van der Waals surface area contributed by atoms with E-state index in [1.165, 1.54) is 0 Å². The second-order valence-corrected chi connectivity index (χ2v) is 10.8. The van der Waals surface area contributed by atoms with Gasteiger partial charge in [-0.25, -0.2) is 0 Å². The first-order valence-corrected chi connectivity index (χ1v) is 14.0. The molecule has 1 aliphatic heterocycles. The Labute approximate surface area is 232 Å². The van der Waals surface area contributed by atoms with Crippen molar-refractivity contribution in [2.45, 2.75) is 0 Å². The number of nitrogens with zero attached hydrogens (tertiary/aromatic N) is 1. The number of anilines is 1. The number of amides is 1. The molecule has 0 radical (unpaired) electrons. The Morgan fingerprint density at radius 2 is 1.55 bits per heavy atom. The van der Waals surface area contributed by atoms with E-state index < -0.39 is 0 Å². The summed E-state index contributed by atoms with van der Waals surface area (Å²) in [6.45, 7) is 3.55. The Bertz CT molecular complexity index is 995. The minimum absolute atomic E-state index is 0.0730. The first-order chi connectivity index (χ1) is 15.9. The number of hydrogen-bond acceptors (Lipinski definition) is 5. The molecule has 0 atom stereocenters. The van der Waals surface area contributed by atoms with E-state index in [-0.39, 0.29) is 11.7 Å². The van der Waals surface area contributed by atoms with Crippen molar-refractivity contribution < 1.29 is 24.1 Å². The zero-order chi connectivity index (χ0) is 23.8. The van der Waals surface area contributed by atoms with E-state index in [0.29, 0.717) is 60.7 Å². The van der Waals surface area contributed by atoms with E-state index in [1.807, 2.05) is 24.3 Å². The average Bonchev–Trinajstić information content (AvgIpc) is 3.03.